The number of likely N-dealkylation sites (N-methyl/N-ethyl adjacent to an activating group) is 1. The molecule has 0 unspecified atom stereocenters. The summed E-state index contributed by atoms with van der Waals surface area (Å²) >= 11 is 5.02. The molecular formula is C9H21N3OS. The van der Waals surface area contributed by atoms with Crippen LogP contribution in [0.4, 0.5) is 0 Å². The van der Waals surface area contributed by atoms with Crippen LogP contribution in [0.25, 0.3) is 0 Å². The first-order valence-corrected chi connectivity index (χ1v) is 5.19. The van der Waals surface area contributed by atoms with Gasteiger partial charge in [0.15, 0.2) is 5.11 Å². The lowest BCUT2D eigenvalue weighted by molar-refractivity contribution is 0.139. The maximum Gasteiger partial charge on any atom is 0.166 e. The number of hydrogen-bond acceptors (Lipinski definition) is 3. The first-order chi connectivity index (χ1) is 6.41. The Labute approximate surface area is 91.7 Å². The number of hydrogen-bond donors (Lipinski definition) is 3. The molecule has 0 aliphatic rings. The Hall–Kier alpha value is -0.390. The highest BCUT2D eigenvalue weighted by Crippen LogP contribution is 1.84. The van der Waals surface area contributed by atoms with Gasteiger partial charge in [0, 0.05) is 19.1 Å². The summed E-state index contributed by atoms with van der Waals surface area (Å²) in [5.41, 5.74) is 0. The third-order valence-electron chi connectivity index (χ3n) is 1.49. The van der Waals surface area contributed by atoms with Crippen molar-refractivity contribution in [1.82, 2.24) is 15.5 Å². The minimum Gasteiger partial charge on any atom is -0.390 e. The highest BCUT2D eigenvalue weighted by atomic mass is 32.1. The number of aliphatic hydroxyl groups excluding tert-OH is 1. The van der Waals surface area contributed by atoms with Crippen molar-refractivity contribution in [3.8, 4) is 0 Å². The van der Waals surface area contributed by atoms with Gasteiger partial charge in [0.05, 0.1) is 6.10 Å². The molecule has 0 spiro atoms. The van der Waals surface area contributed by atoms with Crippen molar-refractivity contribution in [2.75, 3.05) is 27.2 Å². The van der Waals surface area contributed by atoms with E-state index < -0.39 is 6.10 Å². The van der Waals surface area contributed by atoms with Crippen molar-refractivity contribution in [3.05, 3.63) is 0 Å². The maximum atomic E-state index is 9.51. The first-order valence-electron chi connectivity index (χ1n) is 4.79. The van der Waals surface area contributed by atoms with Crippen molar-refractivity contribution in [3.63, 3.8) is 0 Å². The van der Waals surface area contributed by atoms with E-state index in [4.69, 9.17) is 12.2 Å². The number of nitrogens with zero attached hydrogens (tertiary/aromatic N) is 1. The van der Waals surface area contributed by atoms with Gasteiger partial charge in [-0.1, -0.05) is 0 Å². The first kappa shape index (κ1) is 13.6. The molecule has 0 rings (SSSR count). The van der Waals surface area contributed by atoms with E-state index >= 15 is 0 Å². The Balaban J connectivity index is 3.56. The van der Waals surface area contributed by atoms with Gasteiger partial charge in [-0.25, -0.2) is 0 Å². The normalized spacial score (nSPS) is 13.1. The van der Waals surface area contributed by atoms with Crippen LogP contribution < -0.4 is 10.6 Å². The predicted octanol–water partition coefficient (Wildman–Crippen LogP) is -0.219. The lowest BCUT2D eigenvalue weighted by Gasteiger charge is -2.18. The molecule has 4 nitrogen and oxygen atoms in total. The average molecular weight is 219 g/mol. The minimum absolute atomic E-state index is 0.320. The summed E-state index contributed by atoms with van der Waals surface area (Å²) in [7, 11) is 3.85. The summed E-state index contributed by atoms with van der Waals surface area (Å²) in [5, 5.41) is 16.1. The minimum atomic E-state index is -0.392. The molecule has 14 heavy (non-hydrogen) atoms. The van der Waals surface area contributed by atoms with Crippen LogP contribution >= 0.6 is 12.2 Å². The fourth-order valence-corrected chi connectivity index (χ4v) is 1.33. The van der Waals surface area contributed by atoms with E-state index in [2.05, 4.69) is 10.6 Å². The lowest BCUT2D eigenvalue weighted by atomic mass is 10.3. The van der Waals surface area contributed by atoms with Crippen molar-refractivity contribution in [2.45, 2.75) is 26.0 Å². The number of thiocarbonyl (C=S) groups is 1. The van der Waals surface area contributed by atoms with E-state index in [-0.39, 0.29) is 0 Å². The maximum absolute atomic E-state index is 9.51. The third-order valence-corrected chi connectivity index (χ3v) is 1.76. The van der Waals surface area contributed by atoms with Crippen molar-refractivity contribution in [1.29, 1.82) is 0 Å². The number of aliphatic hydroxyl groups is 1. The van der Waals surface area contributed by atoms with Gasteiger partial charge < -0.3 is 20.6 Å². The van der Waals surface area contributed by atoms with Gasteiger partial charge >= 0.3 is 0 Å². The Bertz CT molecular complexity index is 173. The number of nitrogens with one attached hydrogen (secondary N) is 2. The summed E-state index contributed by atoms with van der Waals surface area (Å²) in [6.45, 7) is 5.16. The zero-order valence-electron chi connectivity index (χ0n) is 9.37. The van der Waals surface area contributed by atoms with Crippen LogP contribution in [0.3, 0.4) is 0 Å². The molecule has 0 heterocycles. The van der Waals surface area contributed by atoms with Gasteiger partial charge in [-0.05, 0) is 40.2 Å². The van der Waals surface area contributed by atoms with Crippen LogP contribution in [0, 0.1) is 0 Å². The fraction of sp³-hybridized carbons (Fsp3) is 0.889. The van der Waals surface area contributed by atoms with Gasteiger partial charge in [0.2, 0.25) is 0 Å². The fourth-order valence-electron chi connectivity index (χ4n) is 1.01. The zero-order valence-corrected chi connectivity index (χ0v) is 10.2. The Morgan fingerprint density at radius 1 is 1.43 bits per heavy atom. The van der Waals surface area contributed by atoms with Crippen LogP contribution in [0.15, 0.2) is 0 Å². The summed E-state index contributed by atoms with van der Waals surface area (Å²) in [5.74, 6) is 0. The Morgan fingerprint density at radius 2 is 2.00 bits per heavy atom. The summed E-state index contributed by atoms with van der Waals surface area (Å²) in [6.07, 6.45) is -0.392. The molecule has 5 heteroatoms. The lowest BCUT2D eigenvalue weighted by Crippen LogP contribution is -2.44. The van der Waals surface area contributed by atoms with Crippen molar-refractivity contribution >= 4 is 17.3 Å². The van der Waals surface area contributed by atoms with Gasteiger partial charge in [-0.15, -0.1) is 0 Å². The molecule has 0 fully saturated rings. The smallest absolute Gasteiger partial charge is 0.166 e. The molecule has 0 saturated heterocycles. The average Bonchev–Trinajstić information content (AvgIpc) is 1.98. The third kappa shape index (κ3) is 8.22. The summed E-state index contributed by atoms with van der Waals surface area (Å²) in [6, 6.07) is 0.320. The molecule has 0 aromatic rings. The van der Waals surface area contributed by atoms with E-state index in [0.29, 0.717) is 24.2 Å². The van der Waals surface area contributed by atoms with Crippen molar-refractivity contribution in [2.24, 2.45) is 0 Å². The topological polar surface area (TPSA) is 47.5 Å². The largest absolute Gasteiger partial charge is 0.390 e. The van der Waals surface area contributed by atoms with Crippen molar-refractivity contribution < 1.29 is 5.11 Å². The monoisotopic (exact) mass is 219 g/mol. The van der Waals surface area contributed by atoms with Crippen LogP contribution in [0.2, 0.25) is 0 Å². The van der Waals surface area contributed by atoms with E-state index in [0.717, 1.165) is 0 Å². The number of rotatable bonds is 5. The zero-order chi connectivity index (χ0) is 11.1. The van der Waals surface area contributed by atoms with Gasteiger partial charge in [0.25, 0.3) is 0 Å². The predicted molar refractivity (Wildman–Crippen MR) is 63.4 cm³/mol. The van der Waals surface area contributed by atoms with E-state index in [1.54, 1.807) is 0 Å². The molecule has 84 valence electrons. The Kier molecular flexibility index (Phi) is 6.78. The quantitative estimate of drug-likeness (QED) is 0.558. The molecule has 1 atom stereocenters. The second-order valence-electron chi connectivity index (χ2n) is 3.93. The van der Waals surface area contributed by atoms with Gasteiger partial charge in [-0.2, -0.15) is 0 Å². The summed E-state index contributed by atoms with van der Waals surface area (Å²) in [4.78, 5) is 1.94. The van der Waals surface area contributed by atoms with Crippen LogP contribution in [-0.4, -0.2) is 54.4 Å². The molecule has 0 saturated carbocycles. The second kappa shape index (κ2) is 6.98. The molecule has 0 bridgehead atoms. The van der Waals surface area contributed by atoms with E-state index in [9.17, 15) is 5.11 Å². The van der Waals surface area contributed by atoms with Crippen LogP contribution in [0.5, 0.6) is 0 Å². The summed E-state index contributed by atoms with van der Waals surface area (Å²) < 4.78 is 0. The highest BCUT2D eigenvalue weighted by Gasteiger charge is 2.06. The second-order valence-corrected chi connectivity index (χ2v) is 4.33. The molecule has 0 aromatic heterocycles. The highest BCUT2D eigenvalue weighted by molar-refractivity contribution is 7.80. The molecule has 0 aliphatic carbocycles. The SMILES string of the molecule is CC(C)NC(=S)NC[C@H](O)CN(C)C. The van der Waals surface area contributed by atoms with Gasteiger partial charge in [0.1, 0.15) is 0 Å². The van der Waals surface area contributed by atoms with Crippen LogP contribution in [0.1, 0.15) is 13.8 Å². The molecule has 0 amide bonds. The standard InChI is InChI=1S/C9H21N3OS/c1-7(2)11-9(14)10-5-8(13)6-12(3)4/h7-8,13H,5-6H2,1-4H3,(H2,10,11,14)/t8-/m0/s1. The molecule has 0 radical (unpaired) electrons. The molecular weight excluding hydrogens is 198 g/mol. The van der Waals surface area contributed by atoms with E-state index in [1.165, 1.54) is 0 Å². The Morgan fingerprint density at radius 3 is 2.43 bits per heavy atom. The van der Waals surface area contributed by atoms with E-state index in [1.807, 2.05) is 32.8 Å². The molecule has 3 N–H and O–H groups in total. The van der Waals surface area contributed by atoms with Crippen LogP contribution in [-0.2, 0) is 0 Å². The molecule has 0 aliphatic heterocycles. The molecule has 0 aromatic carbocycles. The van der Waals surface area contributed by atoms with Gasteiger partial charge in [-0.3, -0.25) is 0 Å².